The van der Waals surface area contributed by atoms with E-state index in [0.717, 1.165) is 38.6 Å². The molecule has 1 aliphatic heterocycles. The number of aliphatic imine (C=N–C) groups is 1. The highest BCUT2D eigenvalue weighted by Crippen LogP contribution is 2.43. The molecule has 26 heavy (non-hydrogen) atoms. The molecule has 7 heteroatoms. The third-order valence-corrected chi connectivity index (χ3v) is 6.21. The lowest BCUT2D eigenvalue weighted by molar-refractivity contribution is 0.0720. The van der Waals surface area contributed by atoms with Crippen molar-refractivity contribution in [3.05, 3.63) is 18.7 Å². The lowest BCUT2D eigenvalue weighted by Crippen LogP contribution is -2.52. The van der Waals surface area contributed by atoms with Gasteiger partial charge in [0.15, 0.2) is 5.96 Å². The summed E-state index contributed by atoms with van der Waals surface area (Å²) >= 11 is 0. The van der Waals surface area contributed by atoms with Gasteiger partial charge in [0.2, 0.25) is 0 Å². The molecule has 148 valence electrons. The van der Waals surface area contributed by atoms with Gasteiger partial charge in [0.25, 0.3) is 0 Å². The Morgan fingerprint density at radius 3 is 2.81 bits per heavy atom. The first-order valence-corrected chi connectivity index (χ1v) is 9.59. The van der Waals surface area contributed by atoms with Crippen LogP contribution in [0.15, 0.2) is 23.7 Å². The van der Waals surface area contributed by atoms with Crippen molar-refractivity contribution in [2.75, 3.05) is 40.4 Å². The van der Waals surface area contributed by atoms with Gasteiger partial charge in [-0.25, -0.2) is 4.98 Å². The Kier molecular flexibility index (Phi) is 8.19. The Bertz CT molecular complexity index is 558. The van der Waals surface area contributed by atoms with Crippen LogP contribution >= 0.6 is 24.0 Å². The van der Waals surface area contributed by atoms with Crippen LogP contribution in [-0.2, 0) is 4.74 Å². The minimum absolute atomic E-state index is 0. The molecule has 2 fully saturated rings. The molecule has 2 unspecified atom stereocenters. The molecule has 6 nitrogen and oxygen atoms in total. The highest BCUT2D eigenvalue weighted by molar-refractivity contribution is 14.0. The highest BCUT2D eigenvalue weighted by Gasteiger charge is 2.37. The molecule has 0 spiro atoms. The maximum Gasteiger partial charge on any atom is 0.193 e. The summed E-state index contributed by atoms with van der Waals surface area (Å²) in [5.41, 5.74) is 0.402. The lowest BCUT2D eigenvalue weighted by Gasteiger charge is -2.44. The molecule has 2 aliphatic rings. The summed E-state index contributed by atoms with van der Waals surface area (Å²) < 4.78 is 7.56. The van der Waals surface area contributed by atoms with Crippen molar-refractivity contribution in [1.82, 2.24) is 19.8 Å². The zero-order valence-corrected chi connectivity index (χ0v) is 18.7. The molecule has 1 aromatic heterocycles. The third-order valence-electron chi connectivity index (χ3n) is 6.21. The fourth-order valence-corrected chi connectivity index (χ4v) is 4.20. The maximum atomic E-state index is 5.31. The van der Waals surface area contributed by atoms with Crippen molar-refractivity contribution in [3.63, 3.8) is 0 Å². The van der Waals surface area contributed by atoms with E-state index in [9.17, 15) is 0 Å². The van der Waals surface area contributed by atoms with E-state index in [2.05, 4.69) is 37.9 Å². The number of hydrogen-bond acceptors (Lipinski definition) is 3. The molecule has 1 saturated carbocycles. The maximum absolute atomic E-state index is 5.31. The molecule has 1 saturated heterocycles. The second-order valence-corrected chi connectivity index (χ2v) is 7.79. The topological polar surface area (TPSA) is 54.7 Å². The molecule has 0 radical (unpaired) electrons. The fourth-order valence-electron chi connectivity index (χ4n) is 4.20. The van der Waals surface area contributed by atoms with E-state index in [1.807, 2.05) is 19.6 Å². The van der Waals surface area contributed by atoms with Gasteiger partial charge in [-0.05, 0) is 37.0 Å². The number of aromatic nitrogens is 2. The van der Waals surface area contributed by atoms with Crippen molar-refractivity contribution in [3.8, 4) is 0 Å². The van der Waals surface area contributed by atoms with Gasteiger partial charge in [-0.2, -0.15) is 0 Å². The predicted molar refractivity (Wildman–Crippen MR) is 116 cm³/mol. The molecular weight excluding hydrogens is 441 g/mol. The van der Waals surface area contributed by atoms with Gasteiger partial charge < -0.3 is 19.5 Å². The molecule has 1 N–H and O–H groups in total. The predicted octanol–water partition coefficient (Wildman–Crippen LogP) is 3.17. The first kappa shape index (κ1) is 21.5. The van der Waals surface area contributed by atoms with Gasteiger partial charge in [0.05, 0.1) is 12.4 Å². The number of nitrogens with zero attached hydrogens (tertiary/aromatic N) is 4. The van der Waals surface area contributed by atoms with Crippen LogP contribution in [-0.4, -0.2) is 60.8 Å². The molecule has 0 aromatic carbocycles. The molecule has 2 atom stereocenters. The number of guanidine groups is 1. The van der Waals surface area contributed by atoms with E-state index in [1.54, 1.807) is 7.11 Å². The minimum Gasteiger partial charge on any atom is -0.385 e. The molecule has 3 rings (SSSR count). The zero-order chi connectivity index (χ0) is 17.7. The second kappa shape index (κ2) is 9.92. The van der Waals surface area contributed by atoms with Crippen LogP contribution in [0, 0.1) is 11.3 Å². The van der Waals surface area contributed by atoms with Crippen LogP contribution in [0.3, 0.4) is 0 Å². The Morgan fingerprint density at radius 2 is 2.23 bits per heavy atom. The molecule has 1 aromatic rings. The smallest absolute Gasteiger partial charge is 0.193 e. The SMILES string of the molecule is CN=C(NCC1(CCOC)CCC1)N1CCC(C)C(n2ccnc2)C1.I. The van der Waals surface area contributed by atoms with Crippen LogP contribution in [0.25, 0.3) is 0 Å². The minimum atomic E-state index is 0. The molecule has 1 aliphatic carbocycles. The number of ether oxygens (including phenoxy) is 1. The van der Waals surface area contributed by atoms with Gasteiger partial charge in [-0.15, -0.1) is 24.0 Å². The fraction of sp³-hybridized carbons (Fsp3) is 0.789. The summed E-state index contributed by atoms with van der Waals surface area (Å²) in [6.45, 7) is 6.25. The second-order valence-electron chi connectivity index (χ2n) is 7.79. The van der Waals surface area contributed by atoms with E-state index in [-0.39, 0.29) is 24.0 Å². The van der Waals surface area contributed by atoms with Crippen LogP contribution in [0.4, 0.5) is 0 Å². The van der Waals surface area contributed by atoms with Crippen LogP contribution in [0.5, 0.6) is 0 Å². The monoisotopic (exact) mass is 475 g/mol. The van der Waals surface area contributed by atoms with Gasteiger partial charge >= 0.3 is 0 Å². The number of rotatable bonds is 6. The molecular formula is C19H34IN5O. The summed E-state index contributed by atoms with van der Waals surface area (Å²) in [4.78, 5) is 11.2. The molecule has 0 amide bonds. The highest BCUT2D eigenvalue weighted by atomic mass is 127. The third kappa shape index (κ3) is 4.91. The summed E-state index contributed by atoms with van der Waals surface area (Å²) in [6.07, 6.45) is 12.2. The lowest BCUT2D eigenvalue weighted by atomic mass is 9.67. The normalized spacial score (nSPS) is 25.3. The molecule has 0 bridgehead atoms. The van der Waals surface area contributed by atoms with Gasteiger partial charge in [0, 0.05) is 52.8 Å². The first-order chi connectivity index (χ1) is 12.2. The summed E-state index contributed by atoms with van der Waals surface area (Å²) in [5, 5.41) is 3.67. The number of likely N-dealkylation sites (tertiary alicyclic amines) is 1. The Balaban J connectivity index is 0.00000243. The largest absolute Gasteiger partial charge is 0.385 e. The van der Waals surface area contributed by atoms with E-state index in [0.29, 0.717) is 17.4 Å². The van der Waals surface area contributed by atoms with Crippen molar-refractivity contribution < 1.29 is 4.74 Å². The van der Waals surface area contributed by atoms with Gasteiger partial charge in [0.1, 0.15) is 0 Å². The number of imidazole rings is 1. The van der Waals surface area contributed by atoms with E-state index < -0.39 is 0 Å². The van der Waals surface area contributed by atoms with Crippen molar-refractivity contribution >= 4 is 29.9 Å². The van der Waals surface area contributed by atoms with Crippen molar-refractivity contribution in [2.45, 2.75) is 45.1 Å². The average Bonchev–Trinajstić information content (AvgIpc) is 3.12. The quantitative estimate of drug-likeness (QED) is 0.390. The average molecular weight is 475 g/mol. The number of hydrogen-bond donors (Lipinski definition) is 1. The Hall–Kier alpha value is -0.830. The Morgan fingerprint density at radius 1 is 1.42 bits per heavy atom. The number of nitrogens with one attached hydrogen (secondary N) is 1. The number of halogens is 1. The number of piperidine rings is 1. The summed E-state index contributed by atoms with van der Waals surface area (Å²) in [5.74, 6) is 1.70. The van der Waals surface area contributed by atoms with Crippen molar-refractivity contribution in [1.29, 1.82) is 0 Å². The Labute approximate surface area is 174 Å². The number of methoxy groups -OCH3 is 1. The van der Waals surface area contributed by atoms with Gasteiger partial charge in [-0.1, -0.05) is 13.3 Å². The van der Waals surface area contributed by atoms with E-state index in [4.69, 9.17) is 4.74 Å². The first-order valence-electron chi connectivity index (χ1n) is 9.59. The summed E-state index contributed by atoms with van der Waals surface area (Å²) in [7, 11) is 3.69. The van der Waals surface area contributed by atoms with E-state index >= 15 is 0 Å². The van der Waals surface area contributed by atoms with Crippen LogP contribution < -0.4 is 5.32 Å². The van der Waals surface area contributed by atoms with Crippen LogP contribution in [0.1, 0.15) is 45.1 Å². The summed E-state index contributed by atoms with van der Waals surface area (Å²) in [6, 6.07) is 0.459. The standard InChI is InChI=1S/C19H33N5O.HI/c1-16-5-10-23(13-17(16)24-11-9-21-15-24)18(20-2)22-14-19(6-4-7-19)8-12-25-3;/h9,11,15-17H,4-8,10,12-14H2,1-3H3,(H,20,22);1H. The van der Waals surface area contributed by atoms with E-state index in [1.165, 1.54) is 25.7 Å². The van der Waals surface area contributed by atoms with Crippen molar-refractivity contribution in [2.24, 2.45) is 16.3 Å². The van der Waals surface area contributed by atoms with Crippen LogP contribution in [0.2, 0.25) is 0 Å². The zero-order valence-electron chi connectivity index (χ0n) is 16.4. The molecule has 2 heterocycles. The van der Waals surface area contributed by atoms with Gasteiger partial charge in [-0.3, -0.25) is 4.99 Å².